The van der Waals surface area contributed by atoms with Crippen LogP contribution in [-0.4, -0.2) is 24.9 Å². The Bertz CT molecular complexity index is 746. The zero-order valence-electron chi connectivity index (χ0n) is 14.1. The number of carbonyl (C=O) groups is 2. The van der Waals surface area contributed by atoms with Crippen LogP contribution in [0.2, 0.25) is 0 Å². The molecule has 25 heavy (non-hydrogen) atoms. The molecule has 2 aromatic carbocycles. The summed E-state index contributed by atoms with van der Waals surface area (Å²) in [6, 6.07) is 15.7. The number of nitrogens with one attached hydrogen (secondary N) is 1. The first-order chi connectivity index (χ1) is 12.0. The molecule has 2 amide bonds. The summed E-state index contributed by atoms with van der Waals surface area (Å²) in [5.74, 6) is -0.737. The molecule has 0 aromatic heterocycles. The van der Waals surface area contributed by atoms with Gasteiger partial charge in [-0.05, 0) is 35.7 Å². The minimum Gasteiger partial charge on any atom is -0.355 e. The molecular formula is C20H21FN2O2. The number of hydrogen-bond acceptors (Lipinski definition) is 2. The molecule has 2 atom stereocenters. The van der Waals surface area contributed by atoms with Crippen molar-refractivity contribution in [2.24, 2.45) is 5.92 Å². The molecule has 3 rings (SSSR count). The molecule has 0 spiro atoms. The van der Waals surface area contributed by atoms with Crippen LogP contribution in [0.25, 0.3) is 0 Å². The van der Waals surface area contributed by atoms with Crippen molar-refractivity contribution in [3.05, 3.63) is 66.0 Å². The van der Waals surface area contributed by atoms with E-state index in [1.807, 2.05) is 30.3 Å². The maximum Gasteiger partial charge on any atom is 0.227 e. The zero-order chi connectivity index (χ0) is 17.8. The van der Waals surface area contributed by atoms with Crippen LogP contribution in [0, 0.1) is 11.7 Å². The van der Waals surface area contributed by atoms with Crippen LogP contribution >= 0.6 is 0 Å². The highest BCUT2D eigenvalue weighted by Gasteiger charge is 2.35. The summed E-state index contributed by atoms with van der Waals surface area (Å²) in [6.07, 6.45) is 0.183. The average molecular weight is 340 g/mol. The predicted molar refractivity (Wildman–Crippen MR) is 94.7 cm³/mol. The number of carbonyl (C=O) groups excluding carboxylic acids is 2. The van der Waals surface area contributed by atoms with Crippen LogP contribution in [0.4, 0.5) is 10.1 Å². The van der Waals surface area contributed by atoms with Gasteiger partial charge in [-0.3, -0.25) is 9.59 Å². The van der Waals surface area contributed by atoms with Crippen molar-refractivity contribution in [3.8, 4) is 0 Å². The lowest BCUT2D eigenvalue weighted by molar-refractivity contribution is -0.126. The van der Waals surface area contributed by atoms with Crippen molar-refractivity contribution in [3.63, 3.8) is 0 Å². The first-order valence-electron chi connectivity index (χ1n) is 8.43. The van der Waals surface area contributed by atoms with E-state index in [0.29, 0.717) is 18.8 Å². The van der Waals surface area contributed by atoms with Gasteiger partial charge in [-0.2, -0.15) is 0 Å². The summed E-state index contributed by atoms with van der Waals surface area (Å²) < 4.78 is 13.0. The van der Waals surface area contributed by atoms with Crippen molar-refractivity contribution in [2.75, 3.05) is 18.0 Å². The summed E-state index contributed by atoms with van der Waals surface area (Å²) in [5, 5.41) is 2.95. The third-order valence-corrected chi connectivity index (χ3v) is 4.59. The molecule has 1 heterocycles. The van der Waals surface area contributed by atoms with E-state index < -0.39 is 0 Å². The third kappa shape index (κ3) is 4.05. The van der Waals surface area contributed by atoms with Gasteiger partial charge < -0.3 is 10.2 Å². The molecule has 2 aromatic rings. The Labute approximate surface area is 146 Å². The van der Waals surface area contributed by atoms with Crippen molar-refractivity contribution >= 4 is 17.5 Å². The van der Waals surface area contributed by atoms with Crippen LogP contribution in [0.15, 0.2) is 54.6 Å². The van der Waals surface area contributed by atoms with Gasteiger partial charge in [0.25, 0.3) is 0 Å². The first-order valence-corrected chi connectivity index (χ1v) is 8.43. The van der Waals surface area contributed by atoms with Gasteiger partial charge in [0.05, 0.1) is 5.92 Å². The standard InChI is InChI=1S/C20H21FN2O2/c1-14(15-5-3-2-4-6-15)12-22-20(25)16-11-19(24)23(13-16)18-9-7-17(21)8-10-18/h2-10,14,16H,11-13H2,1H3,(H,22,25)/t14-,16-/m1/s1. The molecule has 4 nitrogen and oxygen atoms in total. The van der Waals surface area contributed by atoms with Gasteiger partial charge in [0.2, 0.25) is 11.8 Å². The molecule has 0 radical (unpaired) electrons. The van der Waals surface area contributed by atoms with Crippen LogP contribution in [0.3, 0.4) is 0 Å². The van der Waals surface area contributed by atoms with E-state index in [9.17, 15) is 14.0 Å². The number of benzene rings is 2. The van der Waals surface area contributed by atoms with E-state index in [4.69, 9.17) is 0 Å². The second-order valence-electron chi connectivity index (χ2n) is 6.44. The van der Waals surface area contributed by atoms with E-state index in [2.05, 4.69) is 12.2 Å². The monoisotopic (exact) mass is 340 g/mol. The Hall–Kier alpha value is -2.69. The van der Waals surface area contributed by atoms with Gasteiger partial charge in [-0.1, -0.05) is 37.3 Å². The van der Waals surface area contributed by atoms with E-state index in [1.165, 1.54) is 17.7 Å². The number of nitrogens with zero attached hydrogens (tertiary/aromatic N) is 1. The second kappa shape index (κ2) is 7.47. The Balaban J connectivity index is 1.56. The summed E-state index contributed by atoms with van der Waals surface area (Å²) in [4.78, 5) is 26.1. The predicted octanol–water partition coefficient (Wildman–Crippen LogP) is 3.10. The largest absolute Gasteiger partial charge is 0.355 e. The fraction of sp³-hybridized carbons (Fsp3) is 0.300. The smallest absolute Gasteiger partial charge is 0.227 e. The highest BCUT2D eigenvalue weighted by Crippen LogP contribution is 2.25. The lowest BCUT2D eigenvalue weighted by atomic mass is 10.0. The van der Waals surface area contributed by atoms with Crippen LogP contribution in [0.1, 0.15) is 24.8 Å². The SMILES string of the molecule is C[C@H](CNC(=O)[C@@H]1CC(=O)N(c2ccc(F)cc2)C1)c1ccccc1. The first kappa shape index (κ1) is 17.1. The van der Waals surface area contributed by atoms with Gasteiger partial charge in [-0.25, -0.2) is 4.39 Å². The van der Waals surface area contributed by atoms with Crippen molar-refractivity contribution in [2.45, 2.75) is 19.3 Å². The molecule has 1 N–H and O–H groups in total. The number of anilines is 1. The van der Waals surface area contributed by atoms with Gasteiger partial charge in [-0.15, -0.1) is 0 Å². The quantitative estimate of drug-likeness (QED) is 0.909. The number of rotatable bonds is 5. The molecule has 5 heteroatoms. The average Bonchev–Trinajstić information content (AvgIpc) is 3.02. The van der Waals surface area contributed by atoms with Crippen LogP contribution in [0.5, 0.6) is 0 Å². The van der Waals surface area contributed by atoms with E-state index >= 15 is 0 Å². The van der Waals surface area contributed by atoms with Gasteiger partial charge in [0, 0.05) is 25.2 Å². The highest BCUT2D eigenvalue weighted by molar-refractivity contribution is 6.00. The van der Waals surface area contributed by atoms with Gasteiger partial charge in [0.1, 0.15) is 5.82 Å². The summed E-state index contributed by atoms with van der Waals surface area (Å²) in [7, 11) is 0. The molecule has 1 aliphatic rings. The van der Waals surface area contributed by atoms with Crippen LogP contribution < -0.4 is 10.2 Å². The van der Waals surface area contributed by atoms with Crippen molar-refractivity contribution in [1.29, 1.82) is 0 Å². The van der Waals surface area contributed by atoms with Crippen molar-refractivity contribution in [1.82, 2.24) is 5.32 Å². The topological polar surface area (TPSA) is 49.4 Å². The molecule has 1 fully saturated rings. The van der Waals surface area contributed by atoms with Gasteiger partial charge in [0.15, 0.2) is 0 Å². The fourth-order valence-corrected chi connectivity index (χ4v) is 3.05. The Morgan fingerprint density at radius 1 is 1.20 bits per heavy atom. The zero-order valence-corrected chi connectivity index (χ0v) is 14.1. The molecule has 0 aliphatic carbocycles. The number of hydrogen-bond donors (Lipinski definition) is 1. The fourth-order valence-electron chi connectivity index (χ4n) is 3.05. The Kier molecular flexibility index (Phi) is 5.12. The van der Waals surface area contributed by atoms with E-state index in [1.54, 1.807) is 17.0 Å². The lowest BCUT2D eigenvalue weighted by Crippen LogP contribution is -2.35. The lowest BCUT2D eigenvalue weighted by Gasteiger charge is -2.17. The Morgan fingerprint density at radius 2 is 1.88 bits per heavy atom. The minimum atomic E-state index is -0.375. The van der Waals surface area contributed by atoms with Crippen molar-refractivity contribution < 1.29 is 14.0 Å². The molecule has 0 bridgehead atoms. The summed E-state index contributed by atoms with van der Waals surface area (Å²) >= 11 is 0. The maximum absolute atomic E-state index is 13.0. The van der Waals surface area contributed by atoms with E-state index in [0.717, 1.165) is 0 Å². The number of amides is 2. The molecule has 1 aliphatic heterocycles. The molecule has 0 saturated carbocycles. The molecule has 130 valence electrons. The van der Waals surface area contributed by atoms with Gasteiger partial charge >= 0.3 is 0 Å². The molecule has 0 unspecified atom stereocenters. The molecular weight excluding hydrogens is 319 g/mol. The number of halogens is 1. The minimum absolute atomic E-state index is 0.108. The normalized spacial score (nSPS) is 18.2. The second-order valence-corrected chi connectivity index (χ2v) is 6.44. The van der Waals surface area contributed by atoms with E-state index in [-0.39, 0.29) is 35.9 Å². The maximum atomic E-state index is 13.0. The van der Waals surface area contributed by atoms with Crippen LogP contribution in [-0.2, 0) is 9.59 Å². The highest BCUT2D eigenvalue weighted by atomic mass is 19.1. The summed E-state index contributed by atoms with van der Waals surface area (Å²) in [6.45, 7) is 2.92. The molecule has 1 saturated heterocycles. The Morgan fingerprint density at radius 3 is 2.56 bits per heavy atom. The third-order valence-electron chi connectivity index (χ3n) is 4.59. The summed E-state index contributed by atoms with van der Waals surface area (Å²) in [5.41, 5.74) is 1.79.